The summed E-state index contributed by atoms with van der Waals surface area (Å²) in [5, 5.41) is 3.15. The van der Waals surface area contributed by atoms with Crippen molar-refractivity contribution in [1.29, 1.82) is 0 Å². The summed E-state index contributed by atoms with van der Waals surface area (Å²) in [6.07, 6.45) is 0. The fourth-order valence-corrected chi connectivity index (χ4v) is 2.53. The Labute approximate surface area is 114 Å². The molecule has 2 unspecified atom stereocenters. The highest BCUT2D eigenvalue weighted by Gasteiger charge is 2.34. The molecule has 1 heterocycles. The van der Waals surface area contributed by atoms with E-state index in [9.17, 15) is 4.79 Å². The molecule has 1 aliphatic heterocycles. The van der Waals surface area contributed by atoms with Crippen molar-refractivity contribution in [2.45, 2.75) is 19.5 Å². The maximum Gasteiger partial charge on any atom is 0.229 e. The fraction of sp³-hybridized carbons (Fsp3) is 0.533. The maximum absolute atomic E-state index is 12.4. The Balaban J connectivity index is 1.99. The van der Waals surface area contributed by atoms with Crippen LogP contribution in [0, 0.1) is 12.8 Å². The number of carbonyl (C=O) groups is 1. The van der Waals surface area contributed by atoms with Gasteiger partial charge >= 0.3 is 0 Å². The van der Waals surface area contributed by atoms with Crippen molar-refractivity contribution >= 4 is 5.91 Å². The number of carbonyl (C=O) groups excluding carboxylic acids is 1. The highest BCUT2D eigenvalue weighted by atomic mass is 16.5. The van der Waals surface area contributed by atoms with E-state index in [2.05, 4.69) is 30.4 Å². The second kappa shape index (κ2) is 6.17. The Hall–Kier alpha value is -1.39. The van der Waals surface area contributed by atoms with Crippen LogP contribution in [-0.2, 0) is 16.1 Å². The Morgan fingerprint density at radius 1 is 1.47 bits per heavy atom. The summed E-state index contributed by atoms with van der Waals surface area (Å²) in [4.78, 5) is 14.2. The SMILES string of the molecule is CNC1COCC1C(=O)N(C)Cc1cccc(C)c1. The lowest BCUT2D eigenvalue weighted by Crippen LogP contribution is -2.43. The molecule has 1 N–H and O–H groups in total. The van der Waals surface area contributed by atoms with Crippen LogP contribution in [-0.4, -0.2) is 44.2 Å². The van der Waals surface area contributed by atoms with E-state index < -0.39 is 0 Å². The van der Waals surface area contributed by atoms with Crippen LogP contribution in [0.1, 0.15) is 11.1 Å². The highest BCUT2D eigenvalue weighted by molar-refractivity contribution is 5.79. The molecule has 1 aliphatic rings. The van der Waals surface area contributed by atoms with Gasteiger partial charge in [0.25, 0.3) is 0 Å². The molecule has 1 amide bonds. The number of aryl methyl sites for hydroxylation is 1. The zero-order valence-electron chi connectivity index (χ0n) is 11.8. The van der Waals surface area contributed by atoms with E-state index in [0.717, 1.165) is 5.56 Å². The van der Waals surface area contributed by atoms with Crippen molar-refractivity contribution in [3.05, 3.63) is 35.4 Å². The van der Waals surface area contributed by atoms with Crippen LogP contribution in [0.3, 0.4) is 0 Å². The van der Waals surface area contributed by atoms with Crippen molar-refractivity contribution in [1.82, 2.24) is 10.2 Å². The van der Waals surface area contributed by atoms with Gasteiger partial charge in [-0.2, -0.15) is 0 Å². The van der Waals surface area contributed by atoms with Crippen LogP contribution >= 0.6 is 0 Å². The molecule has 1 saturated heterocycles. The van der Waals surface area contributed by atoms with Gasteiger partial charge in [0.2, 0.25) is 5.91 Å². The minimum atomic E-state index is -0.0696. The number of rotatable bonds is 4. The summed E-state index contributed by atoms with van der Waals surface area (Å²) in [5.41, 5.74) is 2.38. The standard InChI is InChI=1S/C15H22N2O2/c1-11-5-4-6-12(7-11)8-17(3)15(18)13-9-19-10-14(13)16-2/h4-7,13-14,16H,8-10H2,1-3H3. The first-order chi connectivity index (χ1) is 9.11. The number of ether oxygens (including phenoxy) is 1. The number of nitrogens with zero attached hydrogens (tertiary/aromatic N) is 1. The van der Waals surface area contributed by atoms with Crippen molar-refractivity contribution in [3.63, 3.8) is 0 Å². The van der Waals surface area contributed by atoms with Gasteiger partial charge in [-0.05, 0) is 19.5 Å². The molecule has 0 radical (unpaired) electrons. The van der Waals surface area contributed by atoms with Gasteiger partial charge in [-0.1, -0.05) is 29.8 Å². The normalized spacial score (nSPS) is 22.5. The summed E-state index contributed by atoms with van der Waals surface area (Å²) < 4.78 is 5.39. The van der Waals surface area contributed by atoms with Gasteiger partial charge in [0.15, 0.2) is 0 Å². The molecule has 104 valence electrons. The molecule has 1 aromatic carbocycles. The van der Waals surface area contributed by atoms with Gasteiger partial charge in [0.05, 0.1) is 19.1 Å². The van der Waals surface area contributed by atoms with Gasteiger partial charge in [-0.25, -0.2) is 0 Å². The first kappa shape index (κ1) is 14.0. The van der Waals surface area contributed by atoms with E-state index in [4.69, 9.17) is 4.74 Å². The Morgan fingerprint density at radius 3 is 2.95 bits per heavy atom. The van der Waals surface area contributed by atoms with Crippen LogP contribution in [0.2, 0.25) is 0 Å². The van der Waals surface area contributed by atoms with Gasteiger partial charge in [0.1, 0.15) is 0 Å². The molecule has 4 nitrogen and oxygen atoms in total. The molecule has 19 heavy (non-hydrogen) atoms. The van der Waals surface area contributed by atoms with Gasteiger partial charge in [-0.15, -0.1) is 0 Å². The van der Waals surface area contributed by atoms with Crippen LogP contribution in [0.25, 0.3) is 0 Å². The van der Waals surface area contributed by atoms with Gasteiger partial charge in [0, 0.05) is 19.6 Å². The third-order valence-electron chi connectivity index (χ3n) is 3.65. The van der Waals surface area contributed by atoms with E-state index in [1.807, 2.05) is 20.2 Å². The molecule has 2 atom stereocenters. The number of hydrogen-bond donors (Lipinski definition) is 1. The predicted octanol–water partition coefficient (Wildman–Crippen LogP) is 1.19. The third kappa shape index (κ3) is 3.33. The molecular weight excluding hydrogens is 240 g/mol. The molecular formula is C15H22N2O2. The molecule has 0 aliphatic carbocycles. The van der Waals surface area contributed by atoms with Crippen molar-refractivity contribution in [2.75, 3.05) is 27.3 Å². The topological polar surface area (TPSA) is 41.6 Å². The van der Waals surface area contributed by atoms with Crippen LogP contribution < -0.4 is 5.32 Å². The zero-order valence-corrected chi connectivity index (χ0v) is 11.8. The van der Waals surface area contributed by atoms with Crippen LogP contribution in [0.15, 0.2) is 24.3 Å². The largest absolute Gasteiger partial charge is 0.379 e. The number of likely N-dealkylation sites (N-methyl/N-ethyl adjacent to an activating group) is 1. The van der Waals surface area contributed by atoms with E-state index >= 15 is 0 Å². The van der Waals surface area contributed by atoms with E-state index in [1.54, 1.807) is 4.90 Å². The Kier molecular flexibility index (Phi) is 4.56. The second-order valence-electron chi connectivity index (χ2n) is 5.22. The number of amides is 1. The summed E-state index contributed by atoms with van der Waals surface area (Å²) >= 11 is 0. The van der Waals surface area contributed by atoms with Crippen LogP contribution in [0.5, 0.6) is 0 Å². The molecule has 0 spiro atoms. The van der Waals surface area contributed by atoms with Crippen LogP contribution in [0.4, 0.5) is 0 Å². The van der Waals surface area contributed by atoms with E-state index in [-0.39, 0.29) is 17.9 Å². The van der Waals surface area contributed by atoms with E-state index in [0.29, 0.717) is 19.8 Å². The maximum atomic E-state index is 12.4. The average Bonchev–Trinajstić information content (AvgIpc) is 2.86. The zero-order chi connectivity index (χ0) is 13.8. The lowest BCUT2D eigenvalue weighted by atomic mass is 10.0. The lowest BCUT2D eigenvalue weighted by Gasteiger charge is -2.24. The van der Waals surface area contributed by atoms with Gasteiger partial charge in [-0.3, -0.25) is 4.79 Å². The predicted molar refractivity (Wildman–Crippen MR) is 74.8 cm³/mol. The molecule has 0 bridgehead atoms. The summed E-state index contributed by atoms with van der Waals surface area (Å²) in [7, 11) is 3.73. The minimum absolute atomic E-state index is 0.0696. The minimum Gasteiger partial charge on any atom is -0.379 e. The molecule has 2 rings (SSSR count). The summed E-state index contributed by atoms with van der Waals surface area (Å²) in [6.45, 7) is 3.84. The lowest BCUT2D eigenvalue weighted by molar-refractivity contribution is -0.135. The van der Waals surface area contributed by atoms with Crippen molar-refractivity contribution in [3.8, 4) is 0 Å². The monoisotopic (exact) mass is 262 g/mol. The van der Waals surface area contributed by atoms with Crippen molar-refractivity contribution < 1.29 is 9.53 Å². The first-order valence-electron chi connectivity index (χ1n) is 6.67. The second-order valence-corrected chi connectivity index (χ2v) is 5.22. The quantitative estimate of drug-likeness (QED) is 0.886. The Bertz CT molecular complexity index is 448. The number of benzene rings is 1. The molecule has 4 heteroatoms. The molecule has 0 aromatic heterocycles. The van der Waals surface area contributed by atoms with E-state index in [1.165, 1.54) is 5.56 Å². The molecule has 1 fully saturated rings. The summed E-state index contributed by atoms with van der Waals surface area (Å²) in [6, 6.07) is 8.39. The first-order valence-corrected chi connectivity index (χ1v) is 6.67. The number of nitrogens with one attached hydrogen (secondary N) is 1. The Morgan fingerprint density at radius 2 is 2.26 bits per heavy atom. The third-order valence-corrected chi connectivity index (χ3v) is 3.65. The highest BCUT2D eigenvalue weighted by Crippen LogP contribution is 2.17. The summed E-state index contributed by atoms with van der Waals surface area (Å²) in [5.74, 6) is 0.0816. The number of hydrogen-bond acceptors (Lipinski definition) is 3. The smallest absolute Gasteiger partial charge is 0.229 e. The molecule has 1 aromatic rings. The average molecular weight is 262 g/mol. The van der Waals surface area contributed by atoms with Crippen molar-refractivity contribution in [2.24, 2.45) is 5.92 Å². The molecule has 0 saturated carbocycles. The fourth-order valence-electron chi connectivity index (χ4n) is 2.53. The van der Waals surface area contributed by atoms with Gasteiger partial charge < -0.3 is 15.0 Å².